The number of alkyl halides is 5. The Balaban J connectivity index is 2.11. The van der Waals surface area contributed by atoms with E-state index in [0.717, 1.165) is 20.0 Å². The summed E-state index contributed by atoms with van der Waals surface area (Å²) >= 11 is 0. The van der Waals surface area contributed by atoms with Crippen LogP contribution in [0.3, 0.4) is 0 Å². The number of fused-ring (bicyclic) bond motifs is 1. The number of nitrogen functional groups attached to an aromatic ring is 1. The van der Waals surface area contributed by atoms with Crippen molar-refractivity contribution < 1.29 is 45.8 Å². The van der Waals surface area contributed by atoms with Gasteiger partial charge in [0, 0.05) is 20.3 Å². The number of hydrogen-bond acceptors (Lipinski definition) is 9. The predicted octanol–water partition coefficient (Wildman–Crippen LogP) is 1.16. The van der Waals surface area contributed by atoms with Crippen molar-refractivity contribution in [2.24, 2.45) is 0 Å². The number of carbonyl (C=O) groups is 2. The number of rotatable bonds is 6. The Morgan fingerprint density at radius 2 is 1.91 bits per heavy atom. The predicted molar refractivity (Wildman–Crippen MR) is 97.9 cm³/mol. The van der Waals surface area contributed by atoms with Crippen LogP contribution in [0.4, 0.5) is 27.9 Å². The van der Waals surface area contributed by atoms with E-state index in [-0.39, 0.29) is 17.6 Å². The number of hydrogen-bond donors (Lipinski definition) is 1. The molecule has 2 aromatic rings. The van der Waals surface area contributed by atoms with Crippen molar-refractivity contribution in [3.63, 3.8) is 0 Å². The van der Waals surface area contributed by atoms with Gasteiger partial charge in [0.25, 0.3) is 0 Å². The number of nitrogens with zero attached hydrogens (tertiary/aromatic N) is 4. The van der Waals surface area contributed by atoms with Gasteiger partial charge in [0.15, 0.2) is 11.9 Å². The minimum absolute atomic E-state index is 0.0735. The highest BCUT2D eigenvalue weighted by Crippen LogP contribution is 2.38. The molecule has 1 aliphatic rings. The van der Waals surface area contributed by atoms with Gasteiger partial charge in [-0.3, -0.25) is 14.2 Å². The standard InChI is InChI=1S/C17H18F5N5O6/c1-7(28)31-5-9-3-11(32-8(2)29)13(33-9)27-12-10(4-24-14(23)25-12)26(15(27)30)6-16(18,19)17(20,21)22/h4,9,11,13H,3,5-6H2,1-2H3,(H2,23,24,25)/t9-,11+,13+/m0/s1. The van der Waals surface area contributed by atoms with Crippen molar-refractivity contribution in [2.45, 2.75) is 57.3 Å². The van der Waals surface area contributed by atoms with Crippen molar-refractivity contribution in [3.8, 4) is 0 Å². The molecule has 1 fully saturated rings. The zero-order chi connectivity index (χ0) is 24.7. The summed E-state index contributed by atoms with van der Waals surface area (Å²) in [6, 6.07) is 0. The van der Waals surface area contributed by atoms with E-state index in [1.54, 1.807) is 0 Å². The molecule has 33 heavy (non-hydrogen) atoms. The van der Waals surface area contributed by atoms with Gasteiger partial charge in [-0.05, 0) is 0 Å². The molecule has 3 atom stereocenters. The third-order valence-electron chi connectivity index (χ3n) is 4.69. The van der Waals surface area contributed by atoms with E-state index in [0.29, 0.717) is 4.57 Å². The monoisotopic (exact) mass is 483 g/mol. The molecule has 0 bridgehead atoms. The highest BCUT2D eigenvalue weighted by atomic mass is 19.4. The summed E-state index contributed by atoms with van der Waals surface area (Å²) in [5.74, 6) is -7.10. The molecule has 0 amide bonds. The molecule has 1 saturated heterocycles. The van der Waals surface area contributed by atoms with E-state index in [2.05, 4.69) is 9.97 Å². The molecule has 3 rings (SSSR count). The van der Waals surface area contributed by atoms with Crippen LogP contribution in [0.25, 0.3) is 11.2 Å². The van der Waals surface area contributed by atoms with Crippen LogP contribution in [0.15, 0.2) is 11.0 Å². The summed E-state index contributed by atoms with van der Waals surface area (Å²) < 4.78 is 82.3. The van der Waals surface area contributed by atoms with Crippen LogP contribution < -0.4 is 11.4 Å². The SMILES string of the molecule is CC(=O)OC[C@@H]1C[C@@H](OC(C)=O)[C@H](n2c(=O)n(CC(F)(F)C(F)(F)F)c3cnc(N)nc32)O1. The van der Waals surface area contributed by atoms with Crippen LogP contribution in [0.5, 0.6) is 0 Å². The number of imidazole rings is 1. The average Bonchev–Trinajstić information content (AvgIpc) is 3.16. The number of anilines is 1. The lowest BCUT2D eigenvalue weighted by Crippen LogP contribution is -2.43. The molecule has 1 aliphatic heterocycles. The summed E-state index contributed by atoms with van der Waals surface area (Å²) in [6.45, 7) is -0.157. The molecule has 0 aromatic carbocycles. The first-order chi connectivity index (χ1) is 15.2. The van der Waals surface area contributed by atoms with Crippen LogP contribution in [0.2, 0.25) is 0 Å². The van der Waals surface area contributed by atoms with Gasteiger partial charge >= 0.3 is 29.7 Å². The zero-order valence-electron chi connectivity index (χ0n) is 17.1. The Bertz CT molecular complexity index is 1130. The van der Waals surface area contributed by atoms with Crippen molar-refractivity contribution in [2.75, 3.05) is 12.3 Å². The minimum atomic E-state index is -5.94. The van der Waals surface area contributed by atoms with E-state index in [9.17, 15) is 36.3 Å². The topological polar surface area (TPSA) is 141 Å². The lowest BCUT2D eigenvalue weighted by Gasteiger charge is -2.20. The highest BCUT2D eigenvalue weighted by Gasteiger charge is 2.58. The second-order valence-corrected chi connectivity index (χ2v) is 7.21. The van der Waals surface area contributed by atoms with Gasteiger partial charge in [0.1, 0.15) is 24.8 Å². The van der Waals surface area contributed by atoms with E-state index < -0.39 is 71.8 Å². The van der Waals surface area contributed by atoms with Crippen LogP contribution in [-0.4, -0.2) is 62.0 Å². The molecule has 0 spiro atoms. The van der Waals surface area contributed by atoms with Crippen LogP contribution in [0.1, 0.15) is 26.5 Å². The minimum Gasteiger partial charge on any atom is -0.463 e. The first-order valence-electron chi connectivity index (χ1n) is 9.35. The second kappa shape index (κ2) is 8.57. The largest absolute Gasteiger partial charge is 0.463 e. The number of aromatic nitrogens is 4. The van der Waals surface area contributed by atoms with Gasteiger partial charge in [-0.25, -0.2) is 14.3 Å². The molecule has 2 N–H and O–H groups in total. The Kier molecular flexibility index (Phi) is 6.32. The molecule has 11 nitrogen and oxygen atoms in total. The van der Waals surface area contributed by atoms with Crippen molar-refractivity contribution in [1.29, 1.82) is 0 Å². The Hall–Kier alpha value is -3.30. The van der Waals surface area contributed by atoms with Gasteiger partial charge in [-0.15, -0.1) is 0 Å². The van der Waals surface area contributed by atoms with E-state index in [1.165, 1.54) is 0 Å². The van der Waals surface area contributed by atoms with Crippen LogP contribution in [-0.2, 0) is 30.3 Å². The molecule has 0 unspecified atom stereocenters. The number of halogens is 5. The lowest BCUT2D eigenvalue weighted by molar-refractivity contribution is -0.286. The van der Waals surface area contributed by atoms with Gasteiger partial charge in [-0.1, -0.05) is 0 Å². The first-order valence-corrected chi connectivity index (χ1v) is 9.35. The fraction of sp³-hybridized carbons (Fsp3) is 0.588. The van der Waals surface area contributed by atoms with E-state index in [1.807, 2.05) is 0 Å². The summed E-state index contributed by atoms with van der Waals surface area (Å²) in [6.07, 6.45) is -8.75. The van der Waals surface area contributed by atoms with Crippen molar-refractivity contribution >= 4 is 29.1 Å². The number of carbonyl (C=O) groups excluding carboxylic acids is 2. The molecule has 2 aromatic heterocycles. The normalized spacial score (nSPS) is 21.4. The summed E-state index contributed by atoms with van der Waals surface area (Å²) in [5, 5.41) is 0. The molecule has 182 valence electrons. The quantitative estimate of drug-likeness (QED) is 0.473. The van der Waals surface area contributed by atoms with Crippen LogP contribution in [0, 0.1) is 0 Å². The molecule has 16 heteroatoms. The Morgan fingerprint density at radius 1 is 1.24 bits per heavy atom. The highest BCUT2D eigenvalue weighted by molar-refractivity contribution is 5.72. The maximum atomic E-state index is 13.8. The third-order valence-corrected chi connectivity index (χ3v) is 4.69. The fourth-order valence-electron chi connectivity index (χ4n) is 3.32. The van der Waals surface area contributed by atoms with Gasteiger partial charge in [0.2, 0.25) is 5.95 Å². The number of nitrogens with two attached hydrogens (primary N) is 1. The van der Waals surface area contributed by atoms with Gasteiger partial charge < -0.3 is 19.9 Å². The van der Waals surface area contributed by atoms with Gasteiger partial charge in [-0.2, -0.15) is 26.9 Å². The number of ether oxygens (including phenoxy) is 3. The van der Waals surface area contributed by atoms with Crippen molar-refractivity contribution in [3.05, 3.63) is 16.7 Å². The maximum Gasteiger partial charge on any atom is 0.455 e. The summed E-state index contributed by atoms with van der Waals surface area (Å²) in [5.41, 5.74) is 3.26. The molecule has 0 radical (unpaired) electrons. The van der Waals surface area contributed by atoms with E-state index in [4.69, 9.17) is 19.9 Å². The third kappa shape index (κ3) is 4.89. The molecule has 3 heterocycles. The molecule has 0 saturated carbocycles. The molecular formula is C17H18F5N5O6. The smallest absolute Gasteiger partial charge is 0.455 e. The second-order valence-electron chi connectivity index (χ2n) is 7.21. The average molecular weight is 483 g/mol. The first kappa shape index (κ1) is 24.3. The Morgan fingerprint density at radius 3 is 2.48 bits per heavy atom. The Labute approximate surface area is 181 Å². The summed E-state index contributed by atoms with van der Waals surface area (Å²) in [4.78, 5) is 43.0. The van der Waals surface area contributed by atoms with E-state index >= 15 is 0 Å². The zero-order valence-corrected chi connectivity index (χ0v) is 17.1. The summed E-state index contributed by atoms with van der Waals surface area (Å²) in [7, 11) is 0. The maximum absolute atomic E-state index is 13.8. The lowest BCUT2D eigenvalue weighted by atomic mass is 10.2. The number of esters is 2. The van der Waals surface area contributed by atoms with Crippen LogP contribution >= 0.6 is 0 Å². The van der Waals surface area contributed by atoms with Crippen molar-refractivity contribution in [1.82, 2.24) is 19.1 Å². The molecule has 0 aliphatic carbocycles. The fourth-order valence-corrected chi connectivity index (χ4v) is 3.32. The van der Waals surface area contributed by atoms with Gasteiger partial charge in [0.05, 0.1) is 12.3 Å². The molecular weight excluding hydrogens is 465 g/mol.